The topological polar surface area (TPSA) is 65.5 Å². The minimum atomic E-state index is 0.209. The summed E-state index contributed by atoms with van der Waals surface area (Å²) in [6.45, 7) is 9.66. The molecule has 2 rings (SSSR count). The Morgan fingerprint density at radius 1 is 1.22 bits per heavy atom. The van der Waals surface area contributed by atoms with Crippen LogP contribution in [0.4, 0.5) is 5.82 Å². The number of aryl methyl sites for hydroxylation is 1. The van der Waals surface area contributed by atoms with E-state index in [1.54, 1.807) is 6.92 Å². The lowest BCUT2D eigenvalue weighted by molar-refractivity contribution is -0.128. The van der Waals surface area contributed by atoms with Gasteiger partial charge in [0, 0.05) is 32.1 Å². The number of allylic oxidation sites excluding steroid dienone is 4. The van der Waals surface area contributed by atoms with Crippen LogP contribution in [0.3, 0.4) is 0 Å². The zero-order chi connectivity index (χ0) is 20.1. The van der Waals surface area contributed by atoms with Crippen LogP contribution in [0.15, 0.2) is 54.0 Å². The number of carbonyl (C=O) groups is 1. The molecule has 0 bridgehead atoms. The van der Waals surface area contributed by atoms with Crippen LogP contribution in [0, 0.1) is 6.92 Å². The number of aliphatic hydroxyl groups is 1. The summed E-state index contributed by atoms with van der Waals surface area (Å²) < 4.78 is 0. The van der Waals surface area contributed by atoms with Crippen molar-refractivity contribution in [1.82, 2.24) is 9.88 Å². The number of nitrogens with one attached hydrogen (secondary N) is 1. The fourth-order valence-electron chi connectivity index (χ4n) is 2.53. The number of aromatic nitrogens is 1. The van der Waals surface area contributed by atoms with E-state index in [0.717, 1.165) is 43.9 Å². The molecule has 1 aliphatic rings. The van der Waals surface area contributed by atoms with Crippen molar-refractivity contribution < 1.29 is 9.90 Å². The number of rotatable bonds is 7. The summed E-state index contributed by atoms with van der Waals surface area (Å²) in [6.07, 6.45) is 11.4. The maximum atomic E-state index is 11.0. The molecule has 0 spiro atoms. The Hall–Kier alpha value is -2.56. The number of anilines is 1. The predicted molar refractivity (Wildman–Crippen MR) is 113 cm³/mol. The Labute approximate surface area is 163 Å². The molecule has 0 radical (unpaired) electrons. The predicted octanol–water partition coefficient (Wildman–Crippen LogP) is 5.13. The van der Waals surface area contributed by atoms with Gasteiger partial charge in [-0.15, -0.1) is 0 Å². The third-order valence-corrected chi connectivity index (χ3v) is 4.00. The average molecular weight is 372 g/mol. The highest BCUT2D eigenvalue weighted by molar-refractivity contribution is 5.73. The first-order valence-electron chi connectivity index (χ1n) is 9.69. The van der Waals surface area contributed by atoms with Gasteiger partial charge in [0.1, 0.15) is 11.6 Å². The van der Waals surface area contributed by atoms with Crippen LogP contribution in [0.5, 0.6) is 0 Å². The summed E-state index contributed by atoms with van der Waals surface area (Å²) in [7, 11) is 0. The molecule has 0 saturated heterocycles. The zero-order valence-electron chi connectivity index (χ0n) is 17.0. The summed E-state index contributed by atoms with van der Waals surface area (Å²) >= 11 is 0. The maximum absolute atomic E-state index is 11.0. The molecule has 2 N–H and O–H groups in total. The van der Waals surface area contributed by atoms with E-state index in [-0.39, 0.29) is 5.91 Å². The summed E-state index contributed by atoms with van der Waals surface area (Å²) in [5.74, 6) is 1.28. The lowest BCUT2D eigenvalue weighted by Crippen LogP contribution is -2.30. The SMILES string of the molecule is CCCCN(CCC)C(C)=O.Cc1cccc(NC2=C(O)CC=CC=C2)n1. The highest BCUT2D eigenvalue weighted by Gasteiger charge is 2.05. The first-order valence-corrected chi connectivity index (χ1v) is 9.69. The van der Waals surface area contributed by atoms with Gasteiger partial charge in [-0.05, 0) is 38.0 Å². The fourth-order valence-corrected chi connectivity index (χ4v) is 2.53. The Balaban J connectivity index is 0.000000293. The molecule has 0 aromatic carbocycles. The highest BCUT2D eigenvalue weighted by Crippen LogP contribution is 2.15. The lowest BCUT2D eigenvalue weighted by atomic mass is 10.3. The minimum Gasteiger partial charge on any atom is -0.510 e. The molecule has 0 aliphatic heterocycles. The zero-order valence-corrected chi connectivity index (χ0v) is 17.0. The molecule has 1 heterocycles. The molecule has 5 nitrogen and oxygen atoms in total. The van der Waals surface area contributed by atoms with E-state index in [0.29, 0.717) is 17.9 Å². The van der Waals surface area contributed by atoms with Gasteiger partial charge in [-0.1, -0.05) is 44.6 Å². The molecular weight excluding hydrogens is 338 g/mol. The fraction of sp³-hybridized carbons (Fsp3) is 0.455. The largest absolute Gasteiger partial charge is 0.510 e. The van der Waals surface area contributed by atoms with Crippen molar-refractivity contribution in [1.29, 1.82) is 0 Å². The molecule has 1 aromatic heterocycles. The van der Waals surface area contributed by atoms with Gasteiger partial charge in [0.2, 0.25) is 5.91 Å². The van der Waals surface area contributed by atoms with E-state index in [4.69, 9.17) is 0 Å². The van der Waals surface area contributed by atoms with Crippen LogP contribution in [0.25, 0.3) is 0 Å². The van der Waals surface area contributed by atoms with Crippen molar-refractivity contribution in [2.24, 2.45) is 0 Å². The van der Waals surface area contributed by atoms with Crippen molar-refractivity contribution in [2.75, 3.05) is 18.4 Å². The number of pyridine rings is 1. The number of carbonyl (C=O) groups excluding carboxylic acids is 1. The summed E-state index contributed by atoms with van der Waals surface area (Å²) in [4.78, 5) is 17.2. The highest BCUT2D eigenvalue weighted by atomic mass is 16.3. The smallest absolute Gasteiger partial charge is 0.219 e. The molecule has 148 valence electrons. The van der Waals surface area contributed by atoms with Crippen molar-refractivity contribution in [3.63, 3.8) is 0 Å². The van der Waals surface area contributed by atoms with Crippen LogP contribution >= 0.6 is 0 Å². The molecule has 27 heavy (non-hydrogen) atoms. The number of aliphatic hydroxyl groups excluding tert-OH is 1. The van der Waals surface area contributed by atoms with Gasteiger partial charge in [0.15, 0.2) is 0 Å². The van der Waals surface area contributed by atoms with Crippen LogP contribution in [-0.2, 0) is 4.79 Å². The molecule has 5 heteroatoms. The molecule has 0 unspecified atom stereocenters. The number of unbranched alkanes of at least 4 members (excludes halogenated alkanes) is 1. The van der Waals surface area contributed by atoms with Crippen molar-refractivity contribution in [2.45, 2.75) is 53.4 Å². The van der Waals surface area contributed by atoms with Crippen molar-refractivity contribution >= 4 is 11.7 Å². The molecular formula is C22H33N3O2. The van der Waals surface area contributed by atoms with Crippen LogP contribution in [-0.4, -0.2) is 34.0 Å². The number of nitrogens with zero attached hydrogens (tertiary/aromatic N) is 2. The molecule has 1 aliphatic carbocycles. The van der Waals surface area contributed by atoms with E-state index >= 15 is 0 Å². The lowest BCUT2D eigenvalue weighted by Gasteiger charge is -2.19. The molecule has 1 amide bonds. The Morgan fingerprint density at radius 3 is 2.63 bits per heavy atom. The van der Waals surface area contributed by atoms with Gasteiger partial charge in [-0.25, -0.2) is 4.98 Å². The van der Waals surface area contributed by atoms with Gasteiger partial charge in [-0.3, -0.25) is 4.79 Å². The van der Waals surface area contributed by atoms with E-state index in [1.165, 1.54) is 0 Å². The van der Waals surface area contributed by atoms with Crippen molar-refractivity contribution in [3.05, 3.63) is 59.7 Å². The molecule has 0 saturated carbocycles. The first kappa shape index (κ1) is 22.5. The van der Waals surface area contributed by atoms with Gasteiger partial charge in [0.25, 0.3) is 0 Å². The average Bonchev–Trinajstić information content (AvgIpc) is 2.83. The minimum absolute atomic E-state index is 0.209. The summed E-state index contributed by atoms with van der Waals surface area (Å²) in [6, 6.07) is 5.74. The van der Waals surface area contributed by atoms with E-state index < -0.39 is 0 Å². The monoisotopic (exact) mass is 371 g/mol. The number of amides is 1. The third-order valence-electron chi connectivity index (χ3n) is 4.00. The van der Waals surface area contributed by atoms with E-state index in [1.807, 2.05) is 54.3 Å². The molecule has 1 aromatic rings. The van der Waals surface area contributed by atoms with Crippen LogP contribution < -0.4 is 5.32 Å². The first-order chi connectivity index (χ1) is 13.0. The van der Waals surface area contributed by atoms with Gasteiger partial charge in [0.05, 0.1) is 5.70 Å². The second-order valence-corrected chi connectivity index (χ2v) is 6.50. The normalized spacial score (nSPS) is 12.9. The van der Waals surface area contributed by atoms with Crippen LogP contribution in [0.1, 0.15) is 52.1 Å². The standard InChI is InChI=1S/C13H14N2O.C9H19NO/c1-10-6-5-9-13(14-10)15-11-7-3-2-4-8-12(11)16;1-4-6-8-10(7-5-2)9(3)11/h2-7,9,16H,8H2,1H3,(H,14,15);4-8H2,1-3H3. The quantitative estimate of drug-likeness (QED) is 0.697. The second-order valence-electron chi connectivity index (χ2n) is 6.50. The number of hydrogen-bond acceptors (Lipinski definition) is 4. The van der Waals surface area contributed by atoms with E-state index in [2.05, 4.69) is 24.1 Å². The van der Waals surface area contributed by atoms with Gasteiger partial charge in [-0.2, -0.15) is 0 Å². The number of hydrogen-bond donors (Lipinski definition) is 2. The van der Waals surface area contributed by atoms with Gasteiger partial charge >= 0.3 is 0 Å². The van der Waals surface area contributed by atoms with Gasteiger partial charge < -0.3 is 15.3 Å². The summed E-state index contributed by atoms with van der Waals surface area (Å²) in [5, 5.41) is 12.9. The van der Waals surface area contributed by atoms with Crippen LogP contribution in [0.2, 0.25) is 0 Å². The summed E-state index contributed by atoms with van der Waals surface area (Å²) in [5.41, 5.74) is 1.64. The molecule has 0 fully saturated rings. The Kier molecular flexibility index (Phi) is 10.6. The van der Waals surface area contributed by atoms with Crippen molar-refractivity contribution in [3.8, 4) is 0 Å². The maximum Gasteiger partial charge on any atom is 0.219 e. The Morgan fingerprint density at radius 2 is 2.00 bits per heavy atom. The second kappa shape index (κ2) is 12.7. The van der Waals surface area contributed by atoms with E-state index in [9.17, 15) is 9.90 Å². The Bertz CT molecular complexity index is 678. The molecule has 0 atom stereocenters. The third kappa shape index (κ3) is 9.08.